The van der Waals surface area contributed by atoms with Gasteiger partial charge in [0.1, 0.15) is 0 Å². The highest BCUT2D eigenvalue weighted by Crippen LogP contribution is 2.04. The molecule has 0 unspecified atom stereocenters. The molecule has 0 saturated carbocycles. The second-order valence-electron chi connectivity index (χ2n) is 4.27. The number of nitrogens with one attached hydrogen (secondary N) is 1. The largest absolute Gasteiger partial charge is 0.370 e. The number of amides is 2. The van der Waals surface area contributed by atoms with E-state index in [9.17, 15) is 9.59 Å². The highest BCUT2D eigenvalue weighted by atomic mass is 16.2. The molecule has 1 aromatic carbocycles. The van der Waals surface area contributed by atoms with Gasteiger partial charge < -0.3 is 16.8 Å². The minimum absolute atomic E-state index is 0.152. The Hall–Kier alpha value is -2.32. The van der Waals surface area contributed by atoms with Gasteiger partial charge in [-0.2, -0.15) is 0 Å². The van der Waals surface area contributed by atoms with Crippen LogP contribution in [0.2, 0.25) is 0 Å². The van der Waals surface area contributed by atoms with E-state index in [1.165, 1.54) is 0 Å². The molecule has 0 aliphatic carbocycles. The van der Waals surface area contributed by atoms with Crippen LogP contribution >= 0.6 is 0 Å². The van der Waals surface area contributed by atoms with E-state index in [4.69, 9.17) is 11.5 Å². The van der Waals surface area contributed by atoms with Crippen LogP contribution in [0, 0.1) is 11.8 Å². The fraction of sp³-hybridized carbons (Fsp3) is 0.333. The fourth-order valence-electron chi connectivity index (χ4n) is 1.62. The monoisotopic (exact) mass is 273 g/mol. The van der Waals surface area contributed by atoms with Gasteiger partial charge in [0.25, 0.3) is 5.91 Å². The molecular formula is C15H19N3O2. The van der Waals surface area contributed by atoms with Crippen molar-refractivity contribution in [1.82, 2.24) is 5.32 Å². The summed E-state index contributed by atoms with van der Waals surface area (Å²) < 4.78 is 0. The summed E-state index contributed by atoms with van der Waals surface area (Å²) in [5.74, 6) is 5.16. The first kappa shape index (κ1) is 15.7. The Morgan fingerprint density at radius 1 is 1.25 bits per heavy atom. The smallest absolute Gasteiger partial charge is 0.251 e. The zero-order chi connectivity index (χ0) is 14.8. The molecule has 5 nitrogen and oxygen atoms in total. The molecule has 0 aliphatic rings. The maximum atomic E-state index is 11.9. The summed E-state index contributed by atoms with van der Waals surface area (Å²) in [6, 6.07) is 7.06. The van der Waals surface area contributed by atoms with Gasteiger partial charge in [-0.1, -0.05) is 17.9 Å². The highest BCUT2D eigenvalue weighted by molar-refractivity contribution is 5.94. The van der Waals surface area contributed by atoms with Crippen LogP contribution in [0.4, 0.5) is 0 Å². The molecule has 0 aromatic heterocycles. The minimum atomic E-state index is -0.317. The average molecular weight is 273 g/mol. The van der Waals surface area contributed by atoms with Crippen LogP contribution in [0.3, 0.4) is 0 Å². The maximum Gasteiger partial charge on any atom is 0.251 e. The van der Waals surface area contributed by atoms with Crippen LogP contribution in [-0.4, -0.2) is 24.9 Å². The molecule has 5 N–H and O–H groups in total. The summed E-state index contributed by atoms with van der Waals surface area (Å²) >= 11 is 0. The van der Waals surface area contributed by atoms with E-state index in [1.807, 2.05) is 6.07 Å². The van der Waals surface area contributed by atoms with Gasteiger partial charge in [-0.25, -0.2) is 0 Å². The quantitative estimate of drug-likeness (QED) is 0.516. The number of hydrogen-bond acceptors (Lipinski definition) is 3. The summed E-state index contributed by atoms with van der Waals surface area (Å²) in [4.78, 5) is 22.4. The van der Waals surface area contributed by atoms with Crippen LogP contribution in [0.5, 0.6) is 0 Å². The topological polar surface area (TPSA) is 98.2 Å². The van der Waals surface area contributed by atoms with Gasteiger partial charge in [0.15, 0.2) is 0 Å². The van der Waals surface area contributed by atoms with Crippen molar-refractivity contribution in [3.8, 4) is 11.8 Å². The van der Waals surface area contributed by atoms with Crippen LogP contribution in [0.25, 0.3) is 0 Å². The molecular weight excluding hydrogens is 254 g/mol. The number of carbonyl (C=O) groups is 2. The van der Waals surface area contributed by atoms with Crippen molar-refractivity contribution in [2.45, 2.75) is 19.3 Å². The number of primary amides is 1. The lowest BCUT2D eigenvalue weighted by atomic mass is 10.1. The molecule has 1 aromatic rings. The van der Waals surface area contributed by atoms with Gasteiger partial charge in [-0.3, -0.25) is 9.59 Å². The van der Waals surface area contributed by atoms with E-state index < -0.39 is 0 Å². The van der Waals surface area contributed by atoms with Crippen molar-refractivity contribution in [2.24, 2.45) is 11.5 Å². The maximum absolute atomic E-state index is 11.9. The summed E-state index contributed by atoms with van der Waals surface area (Å²) in [7, 11) is 0. The molecule has 0 aliphatic heterocycles. The lowest BCUT2D eigenvalue weighted by molar-refractivity contribution is -0.118. The number of unbranched alkanes of at least 4 members (excludes halogenated alkanes) is 1. The molecule has 0 spiro atoms. The third kappa shape index (κ3) is 6.03. The van der Waals surface area contributed by atoms with Gasteiger partial charge in [0.2, 0.25) is 5.91 Å². The number of carbonyl (C=O) groups excluding carboxylic acids is 2. The standard InChI is InChI=1S/C15H19N3O2/c16-9-4-6-12-5-3-7-13(11-12)15(20)18-10-2-1-8-14(17)19/h3,5,7,11H,1-2,8-10,16H2,(H2,17,19)(H,18,20). The molecule has 0 bridgehead atoms. The van der Waals surface area contributed by atoms with E-state index >= 15 is 0 Å². The Balaban J connectivity index is 2.45. The summed E-state index contributed by atoms with van der Waals surface area (Å²) in [6.07, 6.45) is 1.75. The lowest BCUT2D eigenvalue weighted by Gasteiger charge is -2.05. The first-order valence-electron chi connectivity index (χ1n) is 6.49. The molecule has 5 heteroatoms. The molecule has 2 amide bonds. The van der Waals surface area contributed by atoms with Gasteiger partial charge in [0, 0.05) is 24.1 Å². The number of hydrogen-bond donors (Lipinski definition) is 3. The molecule has 106 valence electrons. The van der Waals surface area contributed by atoms with E-state index in [0.29, 0.717) is 24.9 Å². The van der Waals surface area contributed by atoms with Crippen LogP contribution in [0.1, 0.15) is 35.2 Å². The lowest BCUT2D eigenvalue weighted by Crippen LogP contribution is -2.24. The Morgan fingerprint density at radius 3 is 2.75 bits per heavy atom. The molecule has 20 heavy (non-hydrogen) atoms. The molecule has 0 radical (unpaired) electrons. The van der Waals surface area contributed by atoms with Crippen molar-refractivity contribution in [3.05, 3.63) is 35.4 Å². The van der Waals surface area contributed by atoms with Crippen LogP contribution in [0.15, 0.2) is 24.3 Å². The molecule has 0 saturated heterocycles. The summed E-state index contributed by atoms with van der Waals surface area (Å²) in [5.41, 5.74) is 11.7. The third-order valence-corrected chi connectivity index (χ3v) is 2.60. The van der Waals surface area contributed by atoms with Crippen LogP contribution in [-0.2, 0) is 4.79 Å². The molecule has 0 heterocycles. The van der Waals surface area contributed by atoms with Gasteiger partial charge in [-0.15, -0.1) is 0 Å². The Morgan fingerprint density at radius 2 is 2.05 bits per heavy atom. The zero-order valence-electron chi connectivity index (χ0n) is 11.3. The number of nitrogens with two attached hydrogens (primary N) is 2. The van der Waals surface area contributed by atoms with Gasteiger partial charge in [0.05, 0.1) is 6.54 Å². The molecule has 0 atom stereocenters. The number of benzene rings is 1. The minimum Gasteiger partial charge on any atom is -0.370 e. The predicted octanol–water partition coefficient (Wildman–Crippen LogP) is 0.382. The van der Waals surface area contributed by atoms with Crippen molar-refractivity contribution >= 4 is 11.8 Å². The summed E-state index contributed by atoms with van der Waals surface area (Å²) in [6.45, 7) is 0.807. The molecule has 0 fully saturated rings. The SMILES string of the molecule is NCC#Cc1cccc(C(=O)NCCCCC(N)=O)c1. The van der Waals surface area contributed by atoms with E-state index in [-0.39, 0.29) is 18.4 Å². The normalized spacial score (nSPS) is 9.45. The van der Waals surface area contributed by atoms with Crippen molar-refractivity contribution in [1.29, 1.82) is 0 Å². The van der Waals surface area contributed by atoms with Gasteiger partial charge in [-0.05, 0) is 31.0 Å². The number of rotatable bonds is 6. The van der Waals surface area contributed by atoms with E-state index in [1.54, 1.807) is 18.2 Å². The Bertz CT molecular complexity index is 529. The van der Waals surface area contributed by atoms with E-state index in [0.717, 1.165) is 12.0 Å². The molecule has 1 rings (SSSR count). The predicted molar refractivity (Wildman–Crippen MR) is 77.8 cm³/mol. The highest BCUT2D eigenvalue weighted by Gasteiger charge is 2.04. The Kier molecular flexibility index (Phi) is 6.87. The van der Waals surface area contributed by atoms with Crippen molar-refractivity contribution in [2.75, 3.05) is 13.1 Å². The second kappa shape index (κ2) is 8.73. The fourth-order valence-corrected chi connectivity index (χ4v) is 1.62. The van der Waals surface area contributed by atoms with Crippen LogP contribution < -0.4 is 16.8 Å². The first-order valence-corrected chi connectivity index (χ1v) is 6.49. The third-order valence-electron chi connectivity index (χ3n) is 2.60. The zero-order valence-corrected chi connectivity index (χ0v) is 11.3. The van der Waals surface area contributed by atoms with Crippen molar-refractivity contribution < 1.29 is 9.59 Å². The van der Waals surface area contributed by atoms with E-state index in [2.05, 4.69) is 17.2 Å². The Labute approximate surface area is 118 Å². The van der Waals surface area contributed by atoms with Gasteiger partial charge >= 0.3 is 0 Å². The summed E-state index contributed by atoms with van der Waals surface area (Å²) in [5, 5.41) is 2.79. The first-order chi connectivity index (χ1) is 9.63. The second-order valence-corrected chi connectivity index (χ2v) is 4.27. The average Bonchev–Trinajstić information content (AvgIpc) is 2.44. The van der Waals surface area contributed by atoms with Crippen molar-refractivity contribution in [3.63, 3.8) is 0 Å².